The number of pyridine rings is 1. The van der Waals surface area contributed by atoms with Crippen LogP contribution >= 0.6 is 12.2 Å². The molecule has 6 nitrogen and oxygen atoms in total. The van der Waals surface area contributed by atoms with E-state index in [0.29, 0.717) is 5.11 Å². The number of amides is 1. The van der Waals surface area contributed by atoms with Gasteiger partial charge in [-0.25, -0.2) is 0 Å². The highest BCUT2D eigenvalue weighted by Crippen LogP contribution is 2.42. The zero-order valence-corrected chi connectivity index (χ0v) is 19.7. The van der Waals surface area contributed by atoms with E-state index in [9.17, 15) is 4.79 Å². The van der Waals surface area contributed by atoms with E-state index >= 15 is 0 Å². The van der Waals surface area contributed by atoms with Crippen molar-refractivity contribution in [2.45, 2.75) is 46.3 Å². The van der Waals surface area contributed by atoms with Crippen molar-refractivity contribution in [2.75, 3.05) is 10.2 Å². The van der Waals surface area contributed by atoms with Gasteiger partial charge < -0.3 is 20.1 Å². The Morgan fingerprint density at radius 1 is 1.22 bits per heavy atom. The number of rotatable bonds is 6. The smallest absolute Gasteiger partial charge is 0.226 e. The number of nitrogens with zero attached hydrogens (tertiary/aromatic N) is 3. The van der Waals surface area contributed by atoms with Gasteiger partial charge in [-0.15, -0.1) is 0 Å². The lowest BCUT2D eigenvalue weighted by Crippen LogP contribution is -2.30. The van der Waals surface area contributed by atoms with Crippen LogP contribution in [0.5, 0.6) is 0 Å². The van der Waals surface area contributed by atoms with E-state index in [0.717, 1.165) is 29.2 Å². The first kappa shape index (κ1) is 22.0. The van der Waals surface area contributed by atoms with Crippen molar-refractivity contribution >= 4 is 34.6 Å². The van der Waals surface area contributed by atoms with Crippen LogP contribution in [0.3, 0.4) is 0 Å². The van der Waals surface area contributed by atoms with Crippen LogP contribution in [0.15, 0.2) is 60.9 Å². The third kappa shape index (κ3) is 4.12. The van der Waals surface area contributed by atoms with Crippen LogP contribution in [0.4, 0.5) is 11.4 Å². The SMILES string of the molecule is CCn1cccc1[C@H]1[C@H](c2ccccn2)NC(=S)N1c1ccc(NC(=O)C(C)C)c(C)c1. The molecule has 3 aromatic rings. The first-order chi connectivity index (χ1) is 15.4. The van der Waals surface area contributed by atoms with Gasteiger partial charge in [0.05, 0.1) is 11.7 Å². The maximum absolute atomic E-state index is 12.2. The Bertz CT molecular complexity index is 1120. The summed E-state index contributed by atoms with van der Waals surface area (Å²) in [5.74, 6) is -0.0668. The van der Waals surface area contributed by atoms with Crippen LogP contribution in [0, 0.1) is 12.8 Å². The molecule has 1 saturated heterocycles. The highest BCUT2D eigenvalue weighted by Gasteiger charge is 2.42. The normalized spacial score (nSPS) is 18.2. The van der Waals surface area contributed by atoms with Crippen LogP contribution < -0.4 is 15.5 Å². The van der Waals surface area contributed by atoms with Crippen molar-refractivity contribution in [3.05, 3.63) is 77.9 Å². The fourth-order valence-electron chi connectivity index (χ4n) is 4.13. The van der Waals surface area contributed by atoms with Crippen molar-refractivity contribution in [3.8, 4) is 0 Å². The van der Waals surface area contributed by atoms with Crippen LogP contribution in [-0.4, -0.2) is 20.6 Å². The topological polar surface area (TPSA) is 62.2 Å². The monoisotopic (exact) mass is 447 g/mol. The van der Waals surface area contributed by atoms with Crippen LogP contribution in [0.2, 0.25) is 0 Å². The molecular weight excluding hydrogens is 418 g/mol. The molecule has 2 N–H and O–H groups in total. The minimum atomic E-state index is -0.0791. The summed E-state index contributed by atoms with van der Waals surface area (Å²) in [5, 5.41) is 7.17. The third-order valence-corrected chi connectivity index (χ3v) is 6.19. The molecule has 4 rings (SSSR count). The molecule has 2 atom stereocenters. The van der Waals surface area contributed by atoms with E-state index in [1.807, 2.05) is 57.3 Å². The Kier molecular flexibility index (Phi) is 6.28. The average Bonchev–Trinajstić information content (AvgIpc) is 3.39. The molecule has 0 bridgehead atoms. The van der Waals surface area contributed by atoms with Crippen LogP contribution in [0.1, 0.15) is 49.8 Å². The molecule has 166 valence electrons. The van der Waals surface area contributed by atoms with Gasteiger partial charge in [0.25, 0.3) is 0 Å². The second-order valence-corrected chi connectivity index (χ2v) is 8.75. The van der Waals surface area contributed by atoms with Gasteiger partial charge in [0.2, 0.25) is 5.91 Å². The molecule has 0 radical (unpaired) electrons. The molecule has 0 aliphatic carbocycles. The average molecular weight is 448 g/mol. The molecule has 1 fully saturated rings. The van der Waals surface area contributed by atoms with Crippen molar-refractivity contribution in [3.63, 3.8) is 0 Å². The third-order valence-electron chi connectivity index (χ3n) is 5.88. The number of carbonyl (C=O) groups is 1. The van der Waals surface area contributed by atoms with E-state index in [1.54, 1.807) is 0 Å². The number of aryl methyl sites for hydroxylation is 2. The molecule has 0 unspecified atom stereocenters. The number of benzene rings is 1. The molecule has 7 heteroatoms. The number of anilines is 2. The quantitative estimate of drug-likeness (QED) is 0.522. The number of hydrogen-bond acceptors (Lipinski definition) is 3. The highest BCUT2D eigenvalue weighted by molar-refractivity contribution is 7.80. The van der Waals surface area contributed by atoms with E-state index in [4.69, 9.17) is 12.2 Å². The van der Waals surface area contributed by atoms with E-state index < -0.39 is 0 Å². The Balaban J connectivity index is 1.75. The van der Waals surface area contributed by atoms with Crippen molar-refractivity contribution in [1.82, 2.24) is 14.9 Å². The summed E-state index contributed by atoms with van der Waals surface area (Å²) in [4.78, 5) is 19.0. The van der Waals surface area contributed by atoms with Gasteiger partial charge in [-0.05, 0) is 74.1 Å². The number of carbonyl (C=O) groups excluding carboxylic acids is 1. The highest BCUT2D eigenvalue weighted by atomic mass is 32.1. The first-order valence-corrected chi connectivity index (χ1v) is 11.4. The molecule has 32 heavy (non-hydrogen) atoms. The Hall–Kier alpha value is -3.19. The van der Waals surface area contributed by atoms with Gasteiger partial charge in [-0.1, -0.05) is 19.9 Å². The molecule has 3 heterocycles. The zero-order chi connectivity index (χ0) is 22.8. The van der Waals surface area contributed by atoms with Crippen molar-refractivity contribution in [1.29, 1.82) is 0 Å². The first-order valence-electron chi connectivity index (χ1n) is 11.0. The number of nitrogens with one attached hydrogen (secondary N) is 2. The van der Waals surface area contributed by atoms with Gasteiger partial charge >= 0.3 is 0 Å². The largest absolute Gasteiger partial charge is 0.351 e. The summed E-state index contributed by atoms with van der Waals surface area (Å²) in [6.45, 7) is 8.79. The van der Waals surface area contributed by atoms with Gasteiger partial charge in [0, 0.05) is 41.9 Å². The molecule has 0 saturated carbocycles. The fraction of sp³-hybridized carbons (Fsp3) is 0.320. The molecule has 1 aliphatic heterocycles. The van der Waals surface area contributed by atoms with Crippen LogP contribution in [0.25, 0.3) is 0 Å². The molecular formula is C25H29N5OS. The molecule has 0 spiro atoms. The lowest BCUT2D eigenvalue weighted by atomic mass is 10.0. The van der Waals surface area contributed by atoms with Gasteiger partial charge in [0.15, 0.2) is 5.11 Å². The summed E-state index contributed by atoms with van der Waals surface area (Å²) in [7, 11) is 0. The van der Waals surface area contributed by atoms with Crippen molar-refractivity contribution < 1.29 is 4.79 Å². The second kappa shape index (κ2) is 9.12. The van der Waals surface area contributed by atoms with Gasteiger partial charge in [0.1, 0.15) is 6.04 Å². The molecule has 2 aromatic heterocycles. The van der Waals surface area contributed by atoms with E-state index in [-0.39, 0.29) is 23.9 Å². The summed E-state index contributed by atoms with van der Waals surface area (Å²) in [6, 6.07) is 16.1. The molecule has 1 aromatic carbocycles. The van der Waals surface area contributed by atoms with Gasteiger partial charge in [-0.2, -0.15) is 0 Å². The Morgan fingerprint density at radius 3 is 2.69 bits per heavy atom. The minimum Gasteiger partial charge on any atom is -0.351 e. The summed E-state index contributed by atoms with van der Waals surface area (Å²) < 4.78 is 2.24. The fourth-order valence-corrected chi connectivity index (χ4v) is 4.48. The summed E-state index contributed by atoms with van der Waals surface area (Å²) in [6.07, 6.45) is 3.91. The number of thiocarbonyl (C=S) groups is 1. The minimum absolute atomic E-state index is 0.00748. The van der Waals surface area contributed by atoms with Gasteiger partial charge in [-0.3, -0.25) is 9.78 Å². The Morgan fingerprint density at radius 2 is 2.03 bits per heavy atom. The lowest BCUT2D eigenvalue weighted by molar-refractivity contribution is -0.118. The number of aromatic nitrogens is 2. The zero-order valence-electron chi connectivity index (χ0n) is 18.9. The maximum atomic E-state index is 12.2. The van der Waals surface area contributed by atoms with E-state index in [2.05, 4.69) is 56.4 Å². The lowest BCUT2D eigenvalue weighted by Gasteiger charge is -2.29. The predicted octanol–water partition coefficient (Wildman–Crippen LogP) is 4.98. The van der Waals surface area contributed by atoms with Crippen molar-refractivity contribution in [2.24, 2.45) is 5.92 Å². The van der Waals surface area contributed by atoms with Crippen LogP contribution in [-0.2, 0) is 11.3 Å². The second-order valence-electron chi connectivity index (χ2n) is 8.36. The van der Waals surface area contributed by atoms with E-state index in [1.165, 1.54) is 5.69 Å². The summed E-state index contributed by atoms with van der Waals surface area (Å²) in [5.41, 5.74) is 4.91. The Labute approximate surface area is 194 Å². The standard InChI is InChI=1S/C25H29N5OS/c1-5-29-14-8-10-21(29)23-22(20-9-6-7-13-26-20)28-25(32)30(23)18-11-12-19(17(4)15-18)27-24(31)16(2)3/h6-16,22-23H,5H2,1-4H3,(H,27,31)(H,28,32)/t22-,23-/m0/s1. The maximum Gasteiger partial charge on any atom is 0.226 e. The molecule has 1 aliphatic rings. The number of hydrogen-bond donors (Lipinski definition) is 2. The molecule has 1 amide bonds. The summed E-state index contributed by atoms with van der Waals surface area (Å²) >= 11 is 5.82. The predicted molar refractivity (Wildman–Crippen MR) is 133 cm³/mol.